The summed E-state index contributed by atoms with van der Waals surface area (Å²) in [6, 6.07) is 0. The Morgan fingerprint density at radius 2 is 2.48 bits per heavy atom. The van der Waals surface area contributed by atoms with Gasteiger partial charge < -0.3 is 10.1 Å². The molecule has 3 rings (SSSR count). The molecule has 0 saturated carbocycles. The highest BCUT2D eigenvalue weighted by Gasteiger charge is 2.17. The summed E-state index contributed by atoms with van der Waals surface area (Å²) in [4.78, 5) is 20.1. The maximum absolute atomic E-state index is 11.8. The molecular formula is C12H16N6O2S. The number of ether oxygens (including phenoxy) is 1. The summed E-state index contributed by atoms with van der Waals surface area (Å²) in [5, 5.41) is 11.5. The molecule has 1 aliphatic rings. The Labute approximate surface area is 125 Å². The van der Waals surface area contributed by atoms with Gasteiger partial charge in [0.15, 0.2) is 11.2 Å². The molecule has 0 aliphatic carbocycles. The predicted octanol–water partition coefficient (Wildman–Crippen LogP) is 0.146. The van der Waals surface area contributed by atoms with Crippen LogP contribution in [0.3, 0.4) is 0 Å². The van der Waals surface area contributed by atoms with Crippen LogP contribution >= 0.6 is 11.8 Å². The molecule has 8 nitrogen and oxygen atoms in total. The first kappa shape index (κ1) is 14.2. The molecule has 2 aromatic rings. The van der Waals surface area contributed by atoms with E-state index in [0.717, 1.165) is 19.4 Å². The van der Waals surface area contributed by atoms with Crippen molar-refractivity contribution >= 4 is 28.8 Å². The van der Waals surface area contributed by atoms with Gasteiger partial charge in [-0.3, -0.25) is 4.79 Å². The largest absolute Gasteiger partial charge is 0.376 e. The number of aryl methyl sites for hydroxylation is 1. The van der Waals surface area contributed by atoms with Crippen LogP contribution in [0.1, 0.15) is 12.8 Å². The first-order valence-corrected chi connectivity index (χ1v) is 7.74. The van der Waals surface area contributed by atoms with Crippen LogP contribution in [0.4, 0.5) is 0 Å². The van der Waals surface area contributed by atoms with E-state index in [-0.39, 0.29) is 17.8 Å². The van der Waals surface area contributed by atoms with E-state index in [1.807, 2.05) is 0 Å². The molecule has 3 heterocycles. The van der Waals surface area contributed by atoms with Crippen LogP contribution < -0.4 is 5.32 Å². The standard InChI is InChI=1S/C12H16N6O2S/c1-18-11-10(16-17-18)12(15-7-14-11)21-6-9(19)13-5-8-3-2-4-20-8/h7-8H,2-6H2,1H3,(H,13,19). The van der Waals surface area contributed by atoms with Crippen molar-refractivity contribution in [2.75, 3.05) is 18.9 Å². The number of nitrogens with zero attached hydrogens (tertiary/aromatic N) is 5. The fourth-order valence-corrected chi connectivity index (χ4v) is 2.92. The van der Waals surface area contributed by atoms with E-state index in [2.05, 4.69) is 25.6 Å². The lowest BCUT2D eigenvalue weighted by Gasteiger charge is -2.10. The summed E-state index contributed by atoms with van der Waals surface area (Å²) < 4.78 is 7.05. The van der Waals surface area contributed by atoms with Crippen molar-refractivity contribution < 1.29 is 9.53 Å². The normalized spacial score (nSPS) is 18.2. The van der Waals surface area contributed by atoms with Gasteiger partial charge in [-0.1, -0.05) is 17.0 Å². The Morgan fingerprint density at radius 1 is 1.57 bits per heavy atom. The highest BCUT2D eigenvalue weighted by molar-refractivity contribution is 8.00. The number of hydrogen-bond acceptors (Lipinski definition) is 7. The van der Waals surface area contributed by atoms with E-state index in [1.54, 1.807) is 11.7 Å². The zero-order chi connectivity index (χ0) is 14.7. The molecule has 1 aliphatic heterocycles. The molecule has 0 bridgehead atoms. The number of nitrogens with one attached hydrogen (secondary N) is 1. The summed E-state index contributed by atoms with van der Waals surface area (Å²) in [6.07, 6.45) is 3.70. The number of carbonyl (C=O) groups is 1. The molecule has 0 aromatic carbocycles. The number of hydrogen-bond donors (Lipinski definition) is 1. The summed E-state index contributed by atoms with van der Waals surface area (Å²) in [7, 11) is 1.77. The maximum Gasteiger partial charge on any atom is 0.230 e. The molecule has 1 saturated heterocycles. The number of fused-ring (bicyclic) bond motifs is 1. The zero-order valence-corrected chi connectivity index (χ0v) is 12.5. The van der Waals surface area contributed by atoms with Gasteiger partial charge in [0, 0.05) is 20.2 Å². The van der Waals surface area contributed by atoms with Crippen molar-refractivity contribution in [3.63, 3.8) is 0 Å². The molecule has 21 heavy (non-hydrogen) atoms. The van der Waals surface area contributed by atoms with Crippen LogP contribution in [0.5, 0.6) is 0 Å². The van der Waals surface area contributed by atoms with Crippen molar-refractivity contribution in [2.45, 2.75) is 24.0 Å². The molecule has 1 fully saturated rings. The lowest BCUT2D eigenvalue weighted by atomic mass is 10.2. The summed E-state index contributed by atoms with van der Waals surface area (Å²) in [5.74, 6) is 0.251. The van der Waals surface area contributed by atoms with Crippen molar-refractivity contribution in [3.8, 4) is 0 Å². The zero-order valence-electron chi connectivity index (χ0n) is 11.7. The van der Waals surface area contributed by atoms with Crippen molar-refractivity contribution in [1.82, 2.24) is 30.3 Å². The number of carbonyl (C=O) groups excluding carboxylic acids is 1. The van der Waals surface area contributed by atoms with Gasteiger partial charge in [0.05, 0.1) is 11.9 Å². The van der Waals surface area contributed by atoms with Gasteiger partial charge in [0.1, 0.15) is 11.4 Å². The van der Waals surface area contributed by atoms with Crippen molar-refractivity contribution in [1.29, 1.82) is 0 Å². The van der Waals surface area contributed by atoms with Gasteiger partial charge in [0.25, 0.3) is 0 Å². The van der Waals surface area contributed by atoms with Gasteiger partial charge in [-0.2, -0.15) is 0 Å². The fraction of sp³-hybridized carbons (Fsp3) is 0.583. The van der Waals surface area contributed by atoms with Crippen LogP contribution in [0.15, 0.2) is 11.4 Å². The monoisotopic (exact) mass is 308 g/mol. The van der Waals surface area contributed by atoms with E-state index in [9.17, 15) is 4.79 Å². The lowest BCUT2D eigenvalue weighted by Crippen LogP contribution is -2.32. The van der Waals surface area contributed by atoms with E-state index in [0.29, 0.717) is 22.7 Å². The fourth-order valence-electron chi connectivity index (χ4n) is 2.16. The van der Waals surface area contributed by atoms with Crippen molar-refractivity contribution in [3.05, 3.63) is 6.33 Å². The first-order chi connectivity index (χ1) is 10.2. The molecule has 0 spiro atoms. The highest BCUT2D eigenvalue weighted by atomic mass is 32.2. The second-order valence-electron chi connectivity index (χ2n) is 4.79. The minimum Gasteiger partial charge on any atom is -0.376 e. The molecule has 9 heteroatoms. The smallest absolute Gasteiger partial charge is 0.230 e. The van der Waals surface area contributed by atoms with Crippen molar-refractivity contribution in [2.24, 2.45) is 7.05 Å². The minimum absolute atomic E-state index is 0.0360. The lowest BCUT2D eigenvalue weighted by molar-refractivity contribution is -0.119. The highest BCUT2D eigenvalue weighted by Crippen LogP contribution is 2.21. The molecule has 0 radical (unpaired) electrons. The van der Waals surface area contributed by atoms with Gasteiger partial charge in [-0.05, 0) is 12.8 Å². The van der Waals surface area contributed by atoms with Crippen LogP contribution in [0, 0.1) is 0 Å². The quantitative estimate of drug-likeness (QED) is 0.620. The van der Waals surface area contributed by atoms with Gasteiger partial charge in [0.2, 0.25) is 5.91 Å². The topological polar surface area (TPSA) is 94.8 Å². The molecule has 2 aromatic heterocycles. The second-order valence-corrected chi connectivity index (χ2v) is 5.76. The number of amides is 1. The Morgan fingerprint density at radius 3 is 3.29 bits per heavy atom. The summed E-state index contributed by atoms with van der Waals surface area (Å²) >= 11 is 1.33. The SMILES string of the molecule is Cn1nnc2c(SCC(=O)NCC3CCCO3)ncnc21. The number of aromatic nitrogens is 5. The van der Waals surface area contributed by atoms with Crippen LogP contribution in [0.25, 0.3) is 11.2 Å². The average Bonchev–Trinajstić information content (AvgIpc) is 3.13. The Bertz CT molecular complexity index is 640. The van der Waals surface area contributed by atoms with E-state index >= 15 is 0 Å². The van der Waals surface area contributed by atoms with Gasteiger partial charge in [-0.25, -0.2) is 14.6 Å². The van der Waals surface area contributed by atoms with Crippen LogP contribution in [-0.4, -0.2) is 55.9 Å². The first-order valence-electron chi connectivity index (χ1n) is 6.75. The number of thioether (sulfide) groups is 1. The molecule has 112 valence electrons. The van der Waals surface area contributed by atoms with E-state index in [1.165, 1.54) is 18.1 Å². The summed E-state index contributed by atoms with van der Waals surface area (Å²) in [5.41, 5.74) is 1.28. The molecule has 1 amide bonds. The van der Waals surface area contributed by atoms with Crippen LogP contribution in [-0.2, 0) is 16.6 Å². The molecule has 1 atom stereocenters. The second kappa shape index (κ2) is 6.35. The number of rotatable bonds is 5. The average molecular weight is 308 g/mol. The Balaban J connectivity index is 1.54. The third-order valence-corrected chi connectivity index (χ3v) is 4.22. The van der Waals surface area contributed by atoms with Gasteiger partial charge >= 0.3 is 0 Å². The summed E-state index contributed by atoms with van der Waals surface area (Å²) in [6.45, 7) is 1.37. The molecule has 1 N–H and O–H groups in total. The minimum atomic E-state index is -0.0360. The maximum atomic E-state index is 11.8. The molecule has 1 unspecified atom stereocenters. The predicted molar refractivity (Wildman–Crippen MR) is 76.8 cm³/mol. The third-order valence-electron chi connectivity index (χ3n) is 3.25. The van der Waals surface area contributed by atoms with E-state index < -0.39 is 0 Å². The Kier molecular flexibility index (Phi) is 4.30. The van der Waals surface area contributed by atoms with Crippen LogP contribution in [0.2, 0.25) is 0 Å². The van der Waals surface area contributed by atoms with Gasteiger partial charge in [-0.15, -0.1) is 5.10 Å². The molecular weight excluding hydrogens is 292 g/mol. The third kappa shape index (κ3) is 3.30. The van der Waals surface area contributed by atoms with E-state index in [4.69, 9.17) is 4.74 Å². The Hall–Kier alpha value is -1.74.